The molecule has 0 atom stereocenters. The molecule has 110 valence electrons. The summed E-state index contributed by atoms with van der Waals surface area (Å²) in [6.45, 7) is 0. The largest absolute Gasteiger partial charge is 0.326 e. The smallest absolute Gasteiger partial charge is 0.224 e. The third kappa shape index (κ3) is 3.88. The Balaban J connectivity index is 1.56. The molecule has 0 bridgehead atoms. The van der Waals surface area contributed by atoms with Crippen LogP contribution < -0.4 is 5.32 Å². The first kappa shape index (κ1) is 14.2. The molecule has 3 rings (SSSR count). The van der Waals surface area contributed by atoms with E-state index in [0.29, 0.717) is 12.3 Å². The average Bonchev–Trinajstić information content (AvgIpc) is 3.03. The van der Waals surface area contributed by atoms with Crippen LogP contribution in [0.2, 0.25) is 0 Å². The molecule has 1 N–H and O–H groups in total. The molecule has 1 saturated carbocycles. The maximum atomic E-state index is 12.1. The second kappa shape index (κ2) is 6.80. The number of rotatable bonds is 4. The molecule has 5 heteroatoms. The van der Waals surface area contributed by atoms with Gasteiger partial charge in [-0.15, -0.1) is 5.10 Å². The van der Waals surface area contributed by atoms with Crippen LogP contribution in [0, 0.1) is 5.92 Å². The number of carbonyl (C=O) groups excluding carboxylic acids is 1. The van der Waals surface area contributed by atoms with Gasteiger partial charge in [0.25, 0.3) is 0 Å². The van der Waals surface area contributed by atoms with E-state index in [1.807, 2.05) is 24.3 Å². The minimum absolute atomic E-state index is 0.133. The van der Waals surface area contributed by atoms with Gasteiger partial charge in [-0.3, -0.25) is 4.79 Å². The fourth-order valence-electron chi connectivity index (χ4n) is 2.88. The van der Waals surface area contributed by atoms with Crippen molar-refractivity contribution in [2.24, 2.45) is 5.92 Å². The third-order valence-corrected chi connectivity index (χ3v) is 4.73. The molecule has 1 amide bonds. The number of nitrogens with zero attached hydrogens (tertiary/aromatic N) is 2. The third-order valence-electron chi connectivity index (χ3n) is 4.01. The van der Waals surface area contributed by atoms with E-state index in [1.165, 1.54) is 43.6 Å². The molecule has 1 fully saturated rings. The van der Waals surface area contributed by atoms with E-state index in [2.05, 4.69) is 14.9 Å². The zero-order valence-corrected chi connectivity index (χ0v) is 12.7. The molecule has 0 aliphatic heterocycles. The molecule has 0 spiro atoms. The monoisotopic (exact) mass is 301 g/mol. The molecule has 0 saturated heterocycles. The van der Waals surface area contributed by atoms with Crippen molar-refractivity contribution in [1.82, 2.24) is 9.59 Å². The highest BCUT2D eigenvalue weighted by molar-refractivity contribution is 7.09. The topological polar surface area (TPSA) is 54.9 Å². The van der Waals surface area contributed by atoms with Crippen LogP contribution in [-0.4, -0.2) is 15.5 Å². The fourth-order valence-corrected chi connectivity index (χ4v) is 3.40. The Bertz CT molecular complexity index is 574. The maximum Gasteiger partial charge on any atom is 0.224 e. The van der Waals surface area contributed by atoms with Gasteiger partial charge in [0.2, 0.25) is 5.91 Å². The SMILES string of the molecule is O=C(CC1CCCCC1)Nc1ccc(-c2cnns2)cc1. The molecule has 21 heavy (non-hydrogen) atoms. The second-order valence-corrected chi connectivity index (χ2v) is 6.40. The Morgan fingerprint density at radius 1 is 1.19 bits per heavy atom. The Hall–Kier alpha value is -1.75. The van der Waals surface area contributed by atoms with Crippen molar-refractivity contribution < 1.29 is 4.79 Å². The number of anilines is 1. The Morgan fingerprint density at radius 3 is 2.62 bits per heavy atom. The summed E-state index contributed by atoms with van der Waals surface area (Å²) in [6, 6.07) is 7.86. The van der Waals surface area contributed by atoms with Gasteiger partial charge in [0.1, 0.15) is 0 Å². The van der Waals surface area contributed by atoms with E-state index in [4.69, 9.17) is 0 Å². The summed E-state index contributed by atoms with van der Waals surface area (Å²) in [5.74, 6) is 0.704. The summed E-state index contributed by atoms with van der Waals surface area (Å²) >= 11 is 1.37. The highest BCUT2D eigenvalue weighted by Gasteiger charge is 2.17. The average molecular weight is 301 g/mol. The lowest BCUT2D eigenvalue weighted by Crippen LogP contribution is -2.18. The van der Waals surface area contributed by atoms with Crippen molar-refractivity contribution in [3.05, 3.63) is 30.5 Å². The van der Waals surface area contributed by atoms with Crippen LogP contribution in [0.25, 0.3) is 10.4 Å². The van der Waals surface area contributed by atoms with Crippen LogP contribution in [0.3, 0.4) is 0 Å². The van der Waals surface area contributed by atoms with Gasteiger partial charge >= 0.3 is 0 Å². The maximum absolute atomic E-state index is 12.1. The number of hydrogen-bond donors (Lipinski definition) is 1. The van der Waals surface area contributed by atoms with Crippen molar-refractivity contribution in [3.8, 4) is 10.4 Å². The highest BCUT2D eigenvalue weighted by Crippen LogP contribution is 2.27. The van der Waals surface area contributed by atoms with Crippen LogP contribution in [0.4, 0.5) is 5.69 Å². The van der Waals surface area contributed by atoms with E-state index in [-0.39, 0.29) is 5.91 Å². The molecule has 1 aromatic heterocycles. The lowest BCUT2D eigenvalue weighted by molar-refractivity contribution is -0.117. The molecule has 1 heterocycles. The normalized spacial score (nSPS) is 15.8. The van der Waals surface area contributed by atoms with E-state index >= 15 is 0 Å². The molecular weight excluding hydrogens is 282 g/mol. The van der Waals surface area contributed by atoms with Crippen LogP contribution in [-0.2, 0) is 4.79 Å². The summed E-state index contributed by atoms with van der Waals surface area (Å²) in [5.41, 5.74) is 1.94. The zero-order valence-electron chi connectivity index (χ0n) is 11.9. The minimum Gasteiger partial charge on any atom is -0.326 e. The van der Waals surface area contributed by atoms with Crippen LogP contribution in [0.15, 0.2) is 30.5 Å². The number of hydrogen-bond acceptors (Lipinski definition) is 4. The van der Waals surface area contributed by atoms with E-state index < -0.39 is 0 Å². The summed E-state index contributed by atoms with van der Waals surface area (Å²) < 4.78 is 3.86. The second-order valence-electron chi connectivity index (χ2n) is 5.62. The van der Waals surface area contributed by atoms with Crippen molar-refractivity contribution in [2.75, 3.05) is 5.32 Å². The summed E-state index contributed by atoms with van der Waals surface area (Å²) in [7, 11) is 0. The first-order chi connectivity index (χ1) is 10.3. The number of aromatic nitrogens is 2. The highest BCUT2D eigenvalue weighted by atomic mass is 32.1. The van der Waals surface area contributed by atoms with Gasteiger partial charge in [-0.05, 0) is 48.0 Å². The van der Waals surface area contributed by atoms with E-state index in [1.54, 1.807) is 6.20 Å². The van der Waals surface area contributed by atoms with Gasteiger partial charge in [0.15, 0.2) is 0 Å². The van der Waals surface area contributed by atoms with Gasteiger partial charge in [-0.2, -0.15) is 0 Å². The van der Waals surface area contributed by atoms with E-state index in [9.17, 15) is 4.79 Å². The van der Waals surface area contributed by atoms with Crippen LogP contribution in [0.5, 0.6) is 0 Å². The van der Waals surface area contributed by atoms with Gasteiger partial charge in [-0.1, -0.05) is 35.9 Å². The van der Waals surface area contributed by atoms with Gasteiger partial charge in [0, 0.05) is 12.1 Å². The Kier molecular flexibility index (Phi) is 4.60. The van der Waals surface area contributed by atoms with Gasteiger partial charge in [0.05, 0.1) is 11.1 Å². The van der Waals surface area contributed by atoms with Crippen LogP contribution >= 0.6 is 11.5 Å². The van der Waals surface area contributed by atoms with Crippen LogP contribution in [0.1, 0.15) is 38.5 Å². The molecule has 1 aliphatic carbocycles. The van der Waals surface area contributed by atoms with Gasteiger partial charge in [-0.25, -0.2) is 0 Å². The zero-order chi connectivity index (χ0) is 14.5. The van der Waals surface area contributed by atoms with Crippen molar-refractivity contribution in [2.45, 2.75) is 38.5 Å². The fraction of sp³-hybridized carbons (Fsp3) is 0.438. The number of amides is 1. The van der Waals surface area contributed by atoms with Gasteiger partial charge < -0.3 is 5.32 Å². The molecule has 2 aromatic rings. The molecule has 0 radical (unpaired) electrons. The first-order valence-corrected chi connectivity index (χ1v) is 8.26. The lowest BCUT2D eigenvalue weighted by Gasteiger charge is -2.20. The Morgan fingerprint density at radius 2 is 1.95 bits per heavy atom. The summed E-state index contributed by atoms with van der Waals surface area (Å²) in [6.07, 6.45) is 8.67. The van der Waals surface area contributed by atoms with E-state index in [0.717, 1.165) is 16.1 Å². The number of carbonyl (C=O) groups is 1. The predicted octanol–water partition coefficient (Wildman–Crippen LogP) is 4.11. The lowest BCUT2D eigenvalue weighted by atomic mass is 9.87. The predicted molar refractivity (Wildman–Crippen MR) is 85.2 cm³/mol. The standard InChI is InChI=1S/C16H19N3OS/c20-16(10-12-4-2-1-3-5-12)18-14-8-6-13(7-9-14)15-11-17-19-21-15/h6-9,11-12H,1-5,10H2,(H,18,20). The number of benzene rings is 1. The molecule has 1 aliphatic rings. The molecule has 4 nitrogen and oxygen atoms in total. The molecular formula is C16H19N3OS. The molecule has 1 aromatic carbocycles. The van der Waals surface area contributed by atoms with Crippen molar-refractivity contribution in [3.63, 3.8) is 0 Å². The summed E-state index contributed by atoms with van der Waals surface area (Å²) in [5, 5.41) is 6.83. The quantitative estimate of drug-likeness (QED) is 0.924. The van der Waals surface area contributed by atoms with Crippen molar-refractivity contribution in [1.29, 1.82) is 0 Å². The minimum atomic E-state index is 0.133. The van der Waals surface area contributed by atoms with Crippen molar-refractivity contribution >= 4 is 23.1 Å². The number of nitrogens with one attached hydrogen (secondary N) is 1. The molecule has 0 unspecified atom stereocenters. The Labute approximate surface area is 128 Å². The first-order valence-electron chi connectivity index (χ1n) is 7.49. The summed E-state index contributed by atoms with van der Waals surface area (Å²) in [4.78, 5) is 13.1.